The molecule has 1 aliphatic heterocycles. The predicted molar refractivity (Wildman–Crippen MR) is 138 cm³/mol. The van der Waals surface area contributed by atoms with Crippen LogP contribution < -0.4 is 10.5 Å². The molecule has 1 fully saturated rings. The summed E-state index contributed by atoms with van der Waals surface area (Å²) in [7, 11) is -3.90. The lowest BCUT2D eigenvalue weighted by molar-refractivity contribution is -0.127. The maximum atomic E-state index is 12.7. The number of hydrogen-bond donors (Lipinski definition) is 2. The van der Waals surface area contributed by atoms with E-state index in [4.69, 9.17) is 28.9 Å². The largest absolute Gasteiger partial charge is 0.365 e. The van der Waals surface area contributed by atoms with Gasteiger partial charge >= 0.3 is 0 Å². The number of amides is 2. The van der Waals surface area contributed by atoms with Crippen LogP contribution in [-0.4, -0.2) is 48.0 Å². The lowest BCUT2D eigenvalue weighted by Gasteiger charge is -2.32. The van der Waals surface area contributed by atoms with Gasteiger partial charge in [0.2, 0.25) is 5.91 Å². The third kappa shape index (κ3) is 5.40. The Morgan fingerprint density at radius 2 is 1.86 bits per heavy atom. The third-order valence-electron chi connectivity index (χ3n) is 5.87. The fourth-order valence-electron chi connectivity index (χ4n) is 4.03. The summed E-state index contributed by atoms with van der Waals surface area (Å²) in [5.41, 5.74) is 7.09. The highest BCUT2D eigenvalue weighted by molar-refractivity contribution is 7.92. The molecular formula is C24H23Cl2N5O4S. The fraction of sp³-hybridized carbons (Fsp3) is 0.208. The molecule has 0 saturated carbocycles. The molecule has 188 valence electrons. The summed E-state index contributed by atoms with van der Waals surface area (Å²) >= 11 is 11.8. The van der Waals surface area contributed by atoms with Gasteiger partial charge in [-0.25, -0.2) is 8.42 Å². The second-order valence-electron chi connectivity index (χ2n) is 8.28. The number of primary amides is 1. The highest BCUT2D eigenvalue weighted by Gasteiger charge is 2.26. The van der Waals surface area contributed by atoms with E-state index in [9.17, 15) is 18.0 Å². The second kappa shape index (κ2) is 10.3. The molecule has 1 aliphatic rings. The molecule has 0 radical (unpaired) electrons. The zero-order valence-electron chi connectivity index (χ0n) is 19.0. The van der Waals surface area contributed by atoms with Crippen LogP contribution in [0.15, 0.2) is 66.2 Å². The number of anilines is 1. The van der Waals surface area contributed by atoms with E-state index in [-0.39, 0.29) is 32.5 Å². The number of nitrogens with two attached hydrogens (primary N) is 1. The van der Waals surface area contributed by atoms with Crippen molar-refractivity contribution in [2.24, 2.45) is 5.73 Å². The molecule has 2 aromatic carbocycles. The first kappa shape index (κ1) is 25.7. The summed E-state index contributed by atoms with van der Waals surface area (Å²) < 4.78 is 29.6. The molecule has 2 amide bonds. The van der Waals surface area contributed by atoms with Gasteiger partial charge in [0.05, 0.1) is 26.5 Å². The molecule has 12 heteroatoms. The van der Waals surface area contributed by atoms with Crippen LogP contribution in [-0.2, 0) is 14.8 Å². The van der Waals surface area contributed by atoms with Crippen molar-refractivity contribution in [2.75, 3.05) is 17.8 Å². The molecule has 9 nitrogen and oxygen atoms in total. The number of piperidine rings is 1. The van der Waals surface area contributed by atoms with Gasteiger partial charge in [-0.05, 0) is 49.2 Å². The Kier molecular flexibility index (Phi) is 7.39. The highest BCUT2D eigenvalue weighted by Crippen LogP contribution is 2.29. The summed E-state index contributed by atoms with van der Waals surface area (Å²) in [4.78, 5) is 25.9. The zero-order valence-corrected chi connectivity index (χ0v) is 21.4. The number of carbonyl (C=O) groups is 2. The lowest BCUT2D eigenvalue weighted by atomic mass is 10.1. The Morgan fingerprint density at radius 1 is 1.14 bits per heavy atom. The van der Waals surface area contributed by atoms with Crippen LogP contribution in [0.25, 0.3) is 11.3 Å². The van der Waals surface area contributed by atoms with E-state index in [1.54, 1.807) is 40.0 Å². The van der Waals surface area contributed by atoms with Crippen molar-refractivity contribution in [1.82, 2.24) is 14.7 Å². The molecule has 0 aliphatic carbocycles. The van der Waals surface area contributed by atoms with Crippen molar-refractivity contribution in [3.8, 4) is 11.3 Å². The topological polar surface area (TPSA) is 127 Å². The van der Waals surface area contributed by atoms with E-state index in [1.807, 2.05) is 0 Å². The van der Waals surface area contributed by atoms with Crippen LogP contribution >= 0.6 is 23.2 Å². The van der Waals surface area contributed by atoms with Crippen LogP contribution in [0.2, 0.25) is 10.0 Å². The summed E-state index contributed by atoms with van der Waals surface area (Å²) in [5, 5.41) is 4.97. The minimum Gasteiger partial charge on any atom is -0.365 e. The smallest absolute Gasteiger partial charge is 0.261 e. The Balaban J connectivity index is 1.58. The maximum absolute atomic E-state index is 12.7. The van der Waals surface area contributed by atoms with Crippen molar-refractivity contribution in [3.63, 3.8) is 0 Å². The number of nitrogens with zero attached hydrogens (tertiary/aromatic N) is 3. The molecule has 3 N–H and O–H groups in total. The van der Waals surface area contributed by atoms with Gasteiger partial charge in [-0.15, -0.1) is 0 Å². The highest BCUT2D eigenvalue weighted by atomic mass is 35.5. The van der Waals surface area contributed by atoms with Crippen molar-refractivity contribution >= 4 is 50.7 Å². The molecule has 1 atom stereocenters. The van der Waals surface area contributed by atoms with Crippen molar-refractivity contribution in [1.29, 1.82) is 0 Å². The standard InChI is InChI=1S/C24H23Cl2N5O4S/c1-2-22(32)30-11-3-4-17(13-30)31-14-19(24(27)33)23(28-31)15-5-7-16(8-6-15)29-36(34,35)18-9-10-20(25)21(26)12-18/h2,5-10,12,14,17,29H,1,3-4,11,13H2,(H2,27,33). The minimum atomic E-state index is -3.90. The fourth-order valence-corrected chi connectivity index (χ4v) is 5.47. The van der Waals surface area contributed by atoms with Crippen molar-refractivity contribution < 1.29 is 18.0 Å². The molecule has 4 rings (SSSR count). The number of nitrogens with one attached hydrogen (secondary N) is 1. The summed E-state index contributed by atoms with van der Waals surface area (Å²) in [6, 6.07) is 10.3. The molecule has 1 aromatic heterocycles. The van der Waals surface area contributed by atoms with Gasteiger partial charge in [0.15, 0.2) is 0 Å². The maximum Gasteiger partial charge on any atom is 0.261 e. The van der Waals surface area contributed by atoms with E-state index in [0.29, 0.717) is 30.0 Å². The molecule has 3 aromatic rings. The molecule has 1 unspecified atom stereocenters. The Morgan fingerprint density at radius 3 is 2.50 bits per heavy atom. The Hall–Kier alpha value is -3.34. The molecular weight excluding hydrogens is 525 g/mol. The van der Waals surface area contributed by atoms with Crippen LogP contribution in [0.4, 0.5) is 5.69 Å². The summed E-state index contributed by atoms with van der Waals surface area (Å²) in [6.07, 6.45) is 4.45. The molecule has 0 bridgehead atoms. The number of hydrogen-bond acceptors (Lipinski definition) is 5. The third-order valence-corrected chi connectivity index (χ3v) is 7.98. The number of sulfonamides is 1. The van der Waals surface area contributed by atoms with E-state index in [0.717, 1.165) is 12.8 Å². The van der Waals surface area contributed by atoms with E-state index < -0.39 is 15.9 Å². The number of halogens is 2. The number of carbonyl (C=O) groups excluding carboxylic acids is 2. The van der Waals surface area contributed by atoms with Crippen LogP contribution in [0.3, 0.4) is 0 Å². The van der Waals surface area contributed by atoms with E-state index >= 15 is 0 Å². The van der Waals surface area contributed by atoms with Crippen molar-refractivity contribution in [3.05, 3.63) is 76.9 Å². The van der Waals surface area contributed by atoms with E-state index in [1.165, 1.54) is 24.3 Å². The monoisotopic (exact) mass is 547 g/mol. The van der Waals surface area contributed by atoms with Crippen molar-refractivity contribution in [2.45, 2.75) is 23.8 Å². The van der Waals surface area contributed by atoms with Gasteiger partial charge in [-0.2, -0.15) is 5.10 Å². The first-order valence-corrected chi connectivity index (χ1v) is 13.2. The van der Waals surface area contributed by atoms with Crippen LogP contribution in [0.5, 0.6) is 0 Å². The number of likely N-dealkylation sites (tertiary alicyclic amines) is 1. The molecule has 36 heavy (non-hydrogen) atoms. The lowest BCUT2D eigenvalue weighted by Crippen LogP contribution is -2.40. The van der Waals surface area contributed by atoms with Crippen LogP contribution in [0, 0.1) is 0 Å². The average Bonchev–Trinajstić information content (AvgIpc) is 3.31. The van der Waals surface area contributed by atoms with Gasteiger partial charge in [-0.1, -0.05) is 41.9 Å². The summed E-state index contributed by atoms with van der Waals surface area (Å²) in [6.45, 7) is 4.62. The molecule has 0 spiro atoms. The Bertz CT molecular complexity index is 1440. The SMILES string of the molecule is C=CC(=O)N1CCCC(n2cc(C(N)=O)c(-c3ccc(NS(=O)(=O)c4ccc(Cl)c(Cl)c4)cc3)n2)C1. The van der Waals surface area contributed by atoms with Gasteiger partial charge in [0, 0.05) is 30.5 Å². The molecule has 2 heterocycles. The first-order chi connectivity index (χ1) is 17.1. The van der Waals surface area contributed by atoms with Crippen LogP contribution in [0.1, 0.15) is 29.2 Å². The number of benzene rings is 2. The van der Waals surface area contributed by atoms with E-state index in [2.05, 4.69) is 16.4 Å². The van der Waals surface area contributed by atoms with Gasteiger partial charge < -0.3 is 10.6 Å². The number of rotatable bonds is 7. The quantitative estimate of drug-likeness (QED) is 0.430. The average molecular weight is 548 g/mol. The predicted octanol–water partition coefficient (Wildman–Crippen LogP) is 4.11. The Labute approximate surface area is 218 Å². The second-order valence-corrected chi connectivity index (χ2v) is 10.8. The number of aromatic nitrogens is 2. The van der Waals surface area contributed by atoms with Gasteiger partial charge in [-0.3, -0.25) is 19.0 Å². The first-order valence-electron chi connectivity index (χ1n) is 11.0. The normalized spacial score (nSPS) is 15.9. The zero-order chi connectivity index (χ0) is 26.0. The van der Waals surface area contributed by atoms with Gasteiger partial charge in [0.1, 0.15) is 5.69 Å². The summed E-state index contributed by atoms with van der Waals surface area (Å²) in [5.74, 6) is -0.795. The molecule has 1 saturated heterocycles. The minimum absolute atomic E-state index is 0.0350. The van der Waals surface area contributed by atoms with Gasteiger partial charge in [0.25, 0.3) is 15.9 Å².